The van der Waals surface area contributed by atoms with Gasteiger partial charge in [0.05, 0.1) is 21.6 Å². The van der Waals surface area contributed by atoms with Crippen molar-refractivity contribution in [2.75, 3.05) is 29.2 Å². The molecule has 7 heteroatoms. The van der Waals surface area contributed by atoms with Gasteiger partial charge < -0.3 is 10.6 Å². The Morgan fingerprint density at radius 3 is 2.83 bits per heavy atom. The van der Waals surface area contributed by atoms with Crippen molar-refractivity contribution in [2.45, 2.75) is 12.5 Å². The fourth-order valence-electron chi connectivity index (χ4n) is 1.85. The highest BCUT2D eigenvalue weighted by molar-refractivity contribution is 9.10. The van der Waals surface area contributed by atoms with Crippen molar-refractivity contribution in [1.82, 2.24) is 0 Å². The number of hydrogen-bond donors (Lipinski definition) is 2. The molecule has 0 bridgehead atoms. The number of benzene rings is 1. The lowest BCUT2D eigenvalue weighted by Gasteiger charge is -2.28. The molecule has 0 radical (unpaired) electrons. The first-order valence-electron chi connectivity index (χ1n) is 5.52. The fourth-order valence-corrected chi connectivity index (χ4v) is 2.90. The summed E-state index contributed by atoms with van der Waals surface area (Å²) in [4.78, 5) is 0. The number of rotatable bonds is 3. The molecule has 0 aromatic heterocycles. The Hall–Kier alpha value is -0.820. The molecule has 0 fully saturated rings. The first kappa shape index (κ1) is 13.6. The third-order valence-electron chi connectivity index (χ3n) is 2.80. The summed E-state index contributed by atoms with van der Waals surface area (Å²) in [5.41, 5.74) is 1.49. The molecule has 1 unspecified atom stereocenters. The first-order chi connectivity index (χ1) is 8.35. The van der Waals surface area contributed by atoms with Gasteiger partial charge in [0.2, 0.25) is 0 Å². The van der Waals surface area contributed by atoms with Crippen LogP contribution in [0.4, 0.5) is 15.8 Å². The van der Waals surface area contributed by atoms with Crippen molar-refractivity contribution < 1.29 is 12.8 Å². The Kier molecular flexibility index (Phi) is 3.82. The zero-order valence-electron chi connectivity index (χ0n) is 9.83. The molecule has 1 aromatic rings. The minimum Gasteiger partial charge on any atom is -0.381 e. The molecule has 18 heavy (non-hydrogen) atoms. The van der Waals surface area contributed by atoms with Crippen LogP contribution in [0.3, 0.4) is 0 Å². The summed E-state index contributed by atoms with van der Waals surface area (Å²) in [5.74, 6) is -0.215. The van der Waals surface area contributed by atoms with Gasteiger partial charge in [-0.3, -0.25) is 0 Å². The lowest BCUT2D eigenvalue weighted by Crippen LogP contribution is -2.34. The predicted octanol–water partition coefficient (Wildman–Crippen LogP) is 2.23. The van der Waals surface area contributed by atoms with Crippen LogP contribution in [-0.4, -0.2) is 33.0 Å². The zero-order chi connectivity index (χ0) is 13.3. The van der Waals surface area contributed by atoms with Crippen LogP contribution in [-0.2, 0) is 9.84 Å². The quantitative estimate of drug-likeness (QED) is 0.888. The van der Waals surface area contributed by atoms with E-state index >= 15 is 0 Å². The van der Waals surface area contributed by atoms with Crippen LogP contribution < -0.4 is 10.6 Å². The number of anilines is 2. The largest absolute Gasteiger partial charge is 0.381 e. The molecule has 4 nitrogen and oxygen atoms in total. The maximum Gasteiger partial charge on any atom is 0.147 e. The van der Waals surface area contributed by atoms with E-state index in [-0.39, 0.29) is 17.6 Å². The van der Waals surface area contributed by atoms with E-state index in [9.17, 15) is 12.8 Å². The SMILES string of the molecule is CS(=O)(=O)CCC1CNc2cc(Br)c(F)cc2N1. The van der Waals surface area contributed by atoms with Gasteiger partial charge in [0, 0.05) is 24.9 Å². The molecule has 1 heterocycles. The number of fused-ring (bicyclic) bond motifs is 1. The molecule has 2 rings (SSSR count). The summed E-state index contributed by atoms with van der Waals surface area (Å²) in [5, 5.41) is 6.31. The van der Waals surface area contributed by atoms with Crippen LogP contribution in [0.2, 0.25) is 0 Å². The molecule has 1 aliphatic rings. The Labute approximate surface area is 114 Å². The summed E-state index contributed by atoms with van der Waals surface area (Å²) < 4.78 is 36.0. The van der Waals surface area contributed by atoms with E-state index in [2.05, 4.69) is 26.6 Å². The van der Waals surface area contributed by atoms with E-state index in [1.807, 2.05) is 0 Å². The van der Waals surface area contributed by atoms with Crippen molar-refractivity contribution in [3.63, 3.8) is 0 Å². The van der Waals surface area contributed by atoms with E-state index in [4.69, 9.17) is 0 Å². The molecule has 100 valence electrons. The third kappa shape index (κ3) is 3.35. The van der Waals surface area contributed by atoms with Gasteiger partial charge in [-0.25, -0.2) is 12.8 Å². The summed E-state index contributed by atoms with van der Waals surface area (Å²) in [6.07, 6.45) is 1.72. The van der Waals surface area contributed by atoms with E-state index in [0.29, 0.717) is 23.1 Å². The van der Waals surface area contributed by atoms with Crippen LogP contribution in [0.5, 0.6) is 0 Å². The third-order valence-corrected chi connectivity index (χ3v) is 4.38. The topological polar surface area (TPSA) is 58.2 Å². The number of halogens is 2. The fraction of sp³-hybridized carbons (Fsp3) is 0.455. The first-order valence-corrected chi connectivity index (χ1v) is 8.38. The minimum atomic E-state index is -2.97. The van der Waals surface area contributed by atoms with Gasteiger partial charge in [-0.15, -0.1) is 0 Å². The predicted molar refractivity (Wildman–Crippen MR) is 74.3 cm³/mol. The maximum absolute atomic E-state index is 13.4. The van der Waals surface area contributed by atoms with Crippen molar-refractivity contribution in [3.8, 4) is 0 Å². The Morgan fingerprint density at radius 2 is 2.17 bits per heavy atom. The standard InChI is InChI=1S/C11H14BrFN2O2S/c1-18(16,17)3-2-7-6-14-10-4-8(12)9(13)5-11(10)15-7/h4-5,7,14-15H,2-3,6H2,1H3. The zero-order valence-corrected chi connectivity index (χ0v) is 12.2. The van der Waals surface area contributed by atoms with Gasteiger partial charge in [0.15, 0.2) is 0 Å². The Bertz CT molecular complexity index is 562. The van der Waals surface area contributed by atoms with Gasteiger partial charge in [-0.1, -0.05) is 0 Å². The van der Waals surface area contributed by atoms with Crippen LogP contribution in [0, 0.1) is 5.82 Å². The van der Waals surface area contributed by atoms with Crippen molar-refractivity contribution in [2.24, 2.45) is 0 Å². The number of hydrogen-bond acceptors (Lipinski definition) is 4. The second kappa shape index (κ2) is 5.05. The summed E-state index contributed by atoms with van der Waals surface area (Å²) in [6, 6.07) is 3.07. The monoisotopic (exact) mass is 336 g/mol. The van der Waals surface area contributed by atoms with Crippen LogP contribution in [0.1, 0.15) is 6.42 Å². The van der Waals surface area contributed by atoms with Gasteiger partial charge >= 0.3 is 0 Å². The van der Waals surface area contributed by atoms with Gasteiger partial charge in [-0.2, -0.15) is 0 Å². The lowest BCUT2D eigenvalue weighted by molar-refractivity contribution is 0.593. The smallest absolute Gasteiger partial charge is 0.147 e. The lowest BCUT2D eigenvalue weighted by atomic mass is 10.1. The summed E-state index contributed by atoms with van der Waals surface area (Å²) in [7, 11) is -2.97. The van der Waals surface area contributed by atoms with Gasteiger partial charge in [0.1, 0.15) is 15.7 Å². The number of nitrogens with one attached hydrogen (secondary N) is 2. The van der Waals surface area contributed by atoms with Crippen molar-refractivity contribution in [1.29, 1.82) is 0 Å². The average Bonchev–Trinajstić information content (AvgIpc) is 2.27. The highest BCUT2D eigenvalue weighted by Gasteiger charge is 2.20. The Balaban J connectivity index is 2.08. The normalized spacial score (nSPS) is 18.7. The van der Waals surface area contributed by atoms with Crippen LogP contribution >= 0.6 is 15.9 Å². The van der Waals surface area contributed by atoms with E-state index in [1.54, 1.807) is 6.07 Å². The molecule has 1 aromatic carbocycles. The van der Waals surface area contributed by atoms with E-state index < -0.39 is 9.84 Å². The average molecular weight is 337 g/mol. The molecular formula is C11H14BrFN2O2S. The molecule has 1 aliphatic heterocycles. The van der Waals surface area contributed by atoms with Gasteiger partial charge in [-0.05, 0) is 28.4 Å². The van der Waals surface area contributed by atoms with Crippen LogP contribution in [0.25, 0.3) is 0 Å². The highest BCUT2D eigenvalue weighted by Crippen LogP contribution is 2.32. The Morgan fingerprint density at radius 1 is 1.44 bits per heavy atom. The van der Waals surface area contributed by atoms with Crippen molar-refractivity contribution in [3.05, 3.63) is 22.4 Å². The highest BCUT2D eigenvalue weighted by atomic mass is 79.9. The van der Waals surface area contributed by atoms with Crippen LogP contribution in [0.15, 0.2) is 16.6 Å². The molecule has 1 atom stereocenters. The second-order valence-corrected chi connectivity index (χ2v) is 7.57. The molecule has 0 saturated heterocycles. The summed E-state index contributed by atoms with van der Waals surface area (Å²) in [6.45, 7) is 0.626. The minimum absolute atomic E-state index is 0.00667. The van der Waals surface area contributed by atoms with E-state index in [0.717, 1.165) is 5.69 Å². The molecular weight excluding hydrogens is 323 g/mol. The second-order valence-electron chi connectivity index (χ2n) is 4.45. The summed E-state index contributed by atoms with van der Waals surface area (Å²) >= 11 is 3.12. The molecule has 0 amide bonds. The van der Waals surface area contributed by atoms with Gasteiger partial charge in [0.25, 0.3) is 0 Å². The molecule has 0 aliphatic carbocycles. The van der Waals surface area contributed by atoms with Crippen molar-refractivity contribution >= 4 is 37.1 Å². The van der Waals surface area contributed by atoms with E-state index in [1.165, 1.54) is 12.3 Å². The number of sulfone groups is 1. The molecule has 0 spiro atoms. The molecule has 0 saturated carbocycles. The molecule has 2 N–H and O–H groups in total. The maximum atomic E-state index is 13.4.